The summed E-state index contributed by atoms with van der Waals surface area (Å²) in [6, 6.07) is 6.91. The first-order valence-electron chi connectivity index (χ1n) is 14.9. The number of halogens is 3. The fraction of sp³-hybridized carbons (Fsp3) is 0.452. The van der Waals surface area contributed by atoms with Crippen LogP contribution in [0.3, 0.4) is 0 Å². The van der Waals surface area contributed by atoms with Gasteiger partial charge in [-0.3, -0.25) is 9.88 Å². The highest BCUT2D eigenvalue weighted by molar-refractivity contribution is 7.93. The molecule has 6 heterocycles. The van der Waals surface area contributed by atoms with E-state index in [1.54, 1.807) is 6.07 Å². The summed E-state index contributed by atoms with van der Waals surface area (Å²) >= 11 is 0. The molecule has 0 aliphatic carbocycles. The number of rotatable bonds is 5. The van der Waals surface area contributed by atoms with Crippen LogP contribution in [0.1, 0.15) is 32.1 Å². The number of sulfone groups is 1. The summed E-state index contributed by atoms with van der Waals surface area (Å²) in [6.07, 6.45) is 3.55. The Hall–Kier alpha value is -3.71. The molecule has 2 aromatic heterocycles. The molecule has 9 nitrogen and oxygen atoms in total. The van der Waals surface area contributed by atoms with E-state index >= 15 is 8.78 Å². The van der Waals surface area contributed by atoms with Crippen molar-refractivity contribution >= 4 is 37.3 Å². The zero-order valence-electron chi connectivity index (χ0n) is 23.7. The van der Waals surface area contributed by atoms with Crippen LogP contribution in [0.2, 0.25) is 0 Å². The van der Waals surface area contributed by atoms with Gasteiger partial charge in [0.1, 0.15) is 41.4 Å². The molecule has 230 valence electrons. The summed E-state index contributed by atoms with van der Waals surface area (Å²) < 4.78 is 77.9. The highest BCUT2D eigenvalue weighted by Gasteiger charge is 2.50. The summed E-state index contributed by atoms with van der Waals surface area (Å²) in [5.74, 6) is -1.33. The van der Waals surface area contributed by atoms with E-state index in [9.17, 15) is 17.9 Å². The molecule has 0 saturated carbocycles. The number of anilines is 1. The van der Waals surface area contributed by atoms with Crippen molar-refractivity contribution in [2.75, 3.05) is 37.7 Å². The van der Waals surface area contributed by atoms with Gasteiger partial charge >= 0.3 is 6.01 Å². The molecular formula is C31H30F3N5O4S. The molecule has 44 heavy (non-hydrogen) atoms. The van der Waals surface area contributed by atoms with Crippen LogP contribution in [0.25, 0.3) is 32.9 Å². The second-order valence-electron chi connectivity index (χ2n) is 12.5. The van der Waals surface area contributed by atoms with Gasteiger partial charge in [-0.15, -0.1) is 0 Å². The van der Waals surface area contributed by atoms with Crippen molar-refractivity contribution in [2.45, 2.75) is 54.3 Å². The predicted octanol–water partition coefficient (Wildman–Crippen LogP) is 4.55. The average Bonchev–Trinajstić information content (AvgIpc) is 3.52. The number of pyridine rings is 1. The number of benzene rings is 2. The smallest absolute Gasteiger partial charge is 0.319 e. The first kappa shape index (κ1) is 27.8. The Morgan fingerprint density at radius 3 is 2.68 bits per heavy atom. The number of aromatic nitrogens is 3. The van der Waals surface area contributed by atoms with E-state index in [-0.39, 0.29) is 59.0 Å². The van der Waals surface area contributed by atoms with Crippen molar-refractivity contribution in [2.24, 2.45) is 0 Å². The van der Waals surface area contributed by atoms with Gasteiger partial charge in [0.25, 0.3) is 0 Å². The SMILES string of the molecule is O=S1(=O)C2CCC1CN(c1nc(OC[C@@]34CCCN3C[C@H](F)C4)nc3c(F)c(-c4cc(O)cc5cccc(F)c45)ncc13)C2. The Morgan fingerprint density at radius 1 is 1.09 bits per heavy atom. The molecular weight excluding hydrogens is 595 g/mol. The molecule has 0 radical (unpaired) electrons. The molecule has 4 aliphatic rings. The van der Waals surface area contributed by atoms with Crippen molar-refractivity contribution in [3.63, 3.8) is 0 Å². The standard InChI is InChI=1S/C31H30F3N5O4S/c32-18-11-31(7-2-8-39(31)13-18)16-43-30-36-28-23(29(37-30)38-14-20-5-6-21(15-38)44(20,41)42)12-35-27(26(28)34)22-10-19(40)9-17-3-1-4-24(33)25(17)22/h1,3-4,9-10,12,18,20-21,40H,2,5-8,11,13-16H2/t18-,20?,21?,31+/m1/s1. The summed E-state index contributed by atoms with van der Waals surface area (Å²) in [4.78, 5) is 17.4. The Kier molecular flexibility index (Phi) is 6.26. The van der Waals surface area contributed by atoms with Crippen molar-refractivity contribution in [1.29, 1.82) is 0 Å². The van der Waals surface area contributed by atoms with Crippen LogP contribution in [-0.4, -0.2) is 88.4 Å². The third kappa shape index (κ3) is 4.22. The van der Waals surface area contributed by atoms with Crippen LogP contribution in [0.15, 0.2) is 36.5 Å². The zero-order chi connectivity index (χ0) is 30.4. The van der Waals surface area contributed by atoms with Crippen LogP contribution >= 0.6 is 0 Å². The molecule has 13 heteroatoms. The van der Waals surface area contributed by atoms with E-state index in [1.807, 2.05) is 4.90 Å². The van der Waals surface area contributed by atoms with Crippen molar-refractivity contribution in [3.05, 3.63) is 48.2 Å². The second kappa shape index (κ2) is 9.90. The number of nitrogens with zero attached hydrogens (tertiary/aromatic N) is 5. The Labute approximate surface area is 251 Å². The number of alkyl halides is 1. The van der Waals surface area contributed by atoms with E-state index in [1.165, 1.54) is 30.5 Å². The number of phenolic OH excluding ortho intramolecular Hbond substituents is 1. The minimum absolute atomic E-state index is 0.0580. The summed E-state index contributed by atoms with van der Waals surface area (Å²) in [6.45, 7) is 1.63. The van der Waals surface area contributed by atoms with Gasteiger partial charge < -0.3 is 14.7 Å². The minimum atomic E-state index is -3.26. The van der Waals surface area contributed by atoms with E-state index < -0.39 is 43.7 Å². The lowest BCUT2D eigenvalue weighted by atomic mass is 9.95. The minimum Gasteiger partial charge on any atom is -0.508 e. The highest BCUT2D eigenvalue weighted by atomic mass is 32.2. The number of ether oxygens (including phenoxy) is 1. The third-order valence-corrected chi connectivity index (χ3v) is 12.6. The Bertz CT molecular complexity index is 1930. The van der Waals surface area contributed by atoms with E-state index in [2.05, 4.69) is 19.9 Å². The lowest BCUT2D eigenvalue weighted by molar-refractivity contribution is 0.107. The highest BCUT2D eigenvalue weighted by Crippen LogP contribution is 2.42. The maximum absolute atomic E-state index is 16.6. The fourth-order valence-corrected chi connectivity index (χ4v) is 10.1. The lowest BCUT2D eigenvalue weighted by Crippen LogP contribution is -2.47. The van der Waals surface area contributed by atoms with Crippen LogP contribution in [0.4, 0.5) is 19.0 Å². The Balaban J connectivity index is 1.26. The summed E-state index contributed by atoms with van der Waals surface area (Å²) in [5.41, 5.74) is -0.769. The van der Waals surface area contributed by atoms with Crippen LogP contribution in [-0.2, 0) is 9.84 Å². The average molecular weight is 626 g/mol. The van der Waals surface area contributed by atoms with Gasteiger partial charge in [0, 0.05) is 43.2 Å². The molecule has 2 bridgehead atoms. The number of hydrogen-bond acceptors (Lipinski definition) is 9. The third-order valence-electron chi connectivity index (χ3n) is 9.93. The molecule has 4 aliphatic heterocycles. The van der Waals surface area contributed by atoms with Gasteiger partial charge in [-0.05, 0) is 55.8 Å². The maximum Gasteiger partial charge on any atom is 0.319 e. The molecule has 8 rings (SSSR count). The number of hydrogen-bond donors (Lipinski definition) is 1. The molecule has 2 aromatic carbocycles. The van der Waals surface area contributed by atoms with Crippen molar-refractivity contribution < 1.29 is 31.4 Å². The van der Waals surface area contributed by atoms with Gasteiger partial charge in [-0.2, -0.15) is 9.97 Å². The molecule has 1 N–H and O–H groups in total. The maximum atomic E-state index is 16.6. The van der Waals surface area contributed by atoms with Gasteiger partial charge in [0.05, 0.1) is 21.4 Å². The number of aromatic hydroxyl groups is 1. The van der Waals surface area contributed by atoms with Crippen LogP contribution < -0.4 is 9.64 Å². The first-order chi connectivity index (χ1) is 21.1. The lowest BCUT2D eigenvalue weighted by Gasteiger charge is -2.33. The second-order valence-corrected chi connectivity index (χ2v) is 15.0. The van der Waals surface area contributed by atoms with Gasteiger partial charge in [0.15, 0.2) is 15.7 Å². The molecule has 4 atom stereocenters. The number of fused-ring (bicyclic) bond motifs is 5. The topological polar surface area (TPSA) is 109 Å². The monoisotopic (exact) mass is 625 g/mol. The van der Waals surface area contributed by atoms with Gasteiger partial charge in [-0.1, -0.05) is 12.1 Å². The summed E-state index contributed by atoms with van der Waals surface area (Å²) in [7, 11) is -3.26. The van der Waals surface area contributed by atoms with E-state index in [4.69, 9.17) is 4.74 Å². The predicted molar refractivity (Wildman–Crippen MR) is 158 cm³/mol. The molecule has 4 saturated heterocycles. The van der Waals surface area contributed by atoms with Gasteiger partial charge in [-0.25, -0.2) is 21.6 Å². The Morgan fingerprint density at radius 2 is 1.89 bits per heavy atom. The molecule has 2 unspecified atom stereocenters. The summed E-state index contributed by atoms with van der Waals surface area (Å²) in [5, 5.41) is 10.0. The van der Waals surface area contributed by atoms with E-state index in [0.29, 0.717) is 37.0 Å². The normalized spacial score (nSPS) is 27.8. The van der Waals surface area contributed by atoms with Crippen LogP contribution in [0, 0.1) is 11.6 Å². The van der Waals surface area contributed by atoms with Gasteiger partial charge in [0.2, 0.25) is 0 Å². The van der Waals surface area contributed by atoms with Crippen molar-refractivity contribution in [3.8, 4) is 23.0 Å². The molecule has 0 amide bonds. The molecule has 4 aromatic rings. The molecule has 4 fully saturated rings. The quantitative estimate of drug-likeness (QED) is 0.342. The first-order valence-corrected chi connectivity index (χ1v) is 16.5. The molecule has 0 spiro atoms. The largest absolute Gasteiger partial charge is 0.508 e. The fourth-order valence-electron chi connectivity index (χ4n) is 7.82. The zero-order valence-corrected chi connectivity index (χ0v) is 24.5. The van der Waals surface area contributed by atoms with Crippen LogP contribution in [0.5, 0.6) is 11.8 Å². The van der Waals surface area contributed by atoms with E-state index in [0.717, 1.165) is 19.4 Å². The number of phenols is 1. The van der Waals surface area contributed by atoms with Crippen molar-refractivity contribution in [1.82, 2.24) is 19.9 Å².